The lowest BCUT2D eigenvalue weighted by Gasteiger charge is -2.22. The Morgan fingerprint density at radius 2 is 1.86 bits per heavy atom. The summed E-state index contributed by atoms with van der Waals surface area (Å²) < 4.78 is 5.25. The van der Waals surface area contributed by atoms with E-state index in [1.54, 1.807) is 0 Å². The third-order valence-electron chi connectivity index (χ3n) is 3.54. The molecule has 1 aliphatic rings. The lowest BCUT2D eigenvalue weighted by Crippen LogP contribution is -2.33. The van der Waals surface area contributed by atoms with Crippen LogP contribution >= 0.6 is 0 Å². The average molecular weight is 296 g/mol. The number of esters is 1. The van der Waals surface area contributed by atoms with Gasteiger partial charge in [0, 0.05) is 24.4 Å². The van der Waals surface area contributed by atoms with Gasteiger partial charge in [-0.05, 0) is 53.5 Å². The van der Waals surface area contributed by atoms with E-state index in [9.17, 15) is 4.79 Å². The van der Waals surface area contributed by atoms with E-state index in [1.165, 1.54) is 38.2 Å². The van der Waals surface area contributed by atoms with Crippen molar-refractivity contribution in [1.82, 2.24) is 10.6 Å². The first kappa shape index (κ1) is 18.0. The minimum atomic E-state index is -0.433. The number of hydrogen-bond acceptors (Lipinski definition) is 4. The fraction of sp³-hybridized carbons (Fsp3) is 0.824. The molecule has 0 aromatic carbocycles. The molecule has 0 heterocycles. The summed E-state index contributed by atoms with van der Waals surface area (Å²) in [6.45, 7) is 9.44. The highest BCUT2D eigenvalue weighted by Gasteiger charge is 2.14. The molecular formula is C17H32N2O2. The first-order valence-corrected chi connectivity index (χ1v) is 8.25. The molecule has 0 unspecified atom stereocenters. The largest absolute Gasteiger partial charge is 0.457 e. The number of allylic oxidation sites excluding steroid dienone is 1. The van der Waals surface area contributed by atoms with Crippen molar-refractivity contribution in [2.24, 2.45) is 0 Å². The van der Waals surface area contributed by atoms with Gasteiger partial charge >= 0.3 is 5.97 Å². The van der Waals surface area contributed by atoms with Crippen LogP contribution in [0.2, 0.25) is 0 Å². The van der Waals surface area contributed by atoms with E-state index < -0.39 is 5.60 Å². The summed E-state index contributed by atoms with van der Waals surface area (Å²) in [6.07, 6.45) is 9.38. The van der Waals surface area contributed by atoms with Gasteiger partial charge in [-0.1, -0.05) is 19.3 Å². The number of rotatable bonds is 7. The van der Waals surface area contributed by atoms with Crippen molar-refractivity contribution in [2.45, 2.75) is 77.9 Å². The molecule has 0 amide bonds. The van der Waals surface area contributed by atoms with E-state index in [2.05, 4.69) is 10.6 Å². The van der Waals surface area contributed by atoms with Crippen molar-refractivity contribution in [3.8, 4) is 0 Å². The first-order chi connectivity index (χ1) is 9.87. The second kappa shape index (κ2) is 9.08. The maximum Gasteiger partial charge on any atom is 0.333 e. The molecule has 0 aromatic rings. The smallest absolute Gasteiger partial charge is 0.333 e. The number of hydrogen-bond donors (Lipinski definition) is 2. The molecule has 0 aromatic heterocycles. The second-order valence-corrected chi connectivity index (χ2v) is 6.93. The Morgan fingerprint density at radius 3 is 2.48 bits per heavy atom. The third kappa shape index (κ3) is 9.51. The fourth-order valence-corrected chi connectivity index (χ4v) is 2.55. The first-order valence-electron chi connectivity index (χ1n) is 8.25. The van der Waals surface area contributed by atoms with Crippen LogP contribution in [0.5, 0.6) is 0 Å². The minimum absolute atomic E-state index is 0.284. The number of nitrogens with one attached hydrogen (secondary N) is 2. The zero-order valence-electron chi connectivity index (χ0n) is 14.1. The molecule has 1 rings (SSSR count). The maximum absolute atomic E-state index is 11.6. The molecule has 4 heteroatoms. The molecule has 0 aliphatic heterocycles. The van der Waals surface area contributed by atoms with Crippen LogP contribution in [0.3, 0.4) is 0 Å². The molecule has 0 bridgehead atoms. The van der Waals surface area contributed by atoms with Crippen molar-refractivity contribution in [1.29, 1.82) is 0 Å². The summed E-state index contributed by atoms with van der Waals surface area (Å²) in [5, 5.41) is 6.87. The van der Waals surface area contributed by atoms with Crippen molar-refractivity contribution < 1.29 is 9.53 Å². The van der Waals surface area contributed by atoms with Crippen molar-refractivity contribution in [3.05, 3.63) is 11.8 Å². The molecule has 0 atom stereocenters. The van der Waals surface area contributed by atoms with Crippen LogP contribution in [-0.4, -0.2) is 30.7 Å². The molecular weight excluding hydrogens is 264 g/mol. The Morgan fingerprint density at radius 1 is 1.19 bits per heavy atom. The molecule has 21 heavy (non-hydrogen) atoms. The van der Waals surface area contributed by atoms with Crippen LogP contribution < -0.4 is 10.6 Å². The summed E-state index contributed by atoms with van der Waals surface area (Å²) in [5.41, 5.74) is 0.430. The molecule has 2 N–H and O–H groups in total. The third-order valence-corrected chi connectivity index (χ3v) is 3.54. The molecule has 1 saturated carbocycles. The topological polar surface area (TPSA) is 50.4 Å². The number of carbonyl (C=O) groups excluding carboxylic acids is 1. The average Bonchev–Trinajstić information content (AvgIpc) is 2.37. The number of ether oxygens (including phenoxy) is 1. The van der Waals surface area contributed by atoms with Crippen molar-refractivity contribution in [2.75, 3.05) is 13.1 Å². The second-order valence-electron chi connectivity index (χ2n) is 6.93. The lowest BCUT2D eigenvalue weighted by atomic mass is 9.95. The summed E-state index contributed by atoms with van der Waals surface area (Å²) >= 11 is 0. The fourth-order valence-electron chi connectivity index (χ4n) is 2.55. The Labute approximate surface area is 129 Å². The summed E-state index contributed by atoms with van der Waals surface area (Å²) in [5.74, 6) is -0.284. The van der Waals surface area contributed by atoms with Crippen LogP contribution in [0.15, 0.2) is 11.8 Å². The van der Waals surface area contributed by atoms with Gasteiger partial charge in [0.1, 0.15) is 5.60 Å². The number of carbonyl (C=O) groups is 1. The zero-order valence-corrected chi connectivity index (χ0v) is 14.1. The molecule has 0 saturated heterocycles. The van der Waals surface area contributed by atoms with Gasteiger partial charge in [0.25, 0.3) is 0 Å². The van der Waals surface area contributed by atoms with Crippen molar-refractivity contribution in [3.63, 3.8) is 0 Å². The summed E-state index contributed by atoms with van der Waals surface area (Å²) in [6, 6.07) is 0.720. The van der Waals surface area contributed by atoms with Crippen LogP contribution in [0.25, 0.3) is 0 Å². The van der Waals surface area contributed by atoms with E-state index in [0.29, 0.717) is 0 Å². The Hall–Kier alpha value is -1.03. The van der Waals surface area contributed by atoms with E-state index >= 15 is 0 Å². The quantitative estimate of drug-likeness (QED) is 0.430. The summed E-state index contributed by atoms with van der Waals surface area (Å²) in [4.78, 5) is 11.6. The van der Waals surface area contributed by atoms with Gasteiger partial charge in [0.15, 0.2) is 0 Å². The molecule has 0 spiro atoms. The van der Waals surface area contributed by atoms with Gasteiger partial charge in [0.2, 0.25) is 0 Å². The van der Waals surface area contributed by atoms with Crippen molar-refractivity contribution >= 4 is 5.97 Å². The standard InChI is InChI=1S/C17H32N2O2/c1-14(13-16(20)21-17(2,3)4)18-11-8-12-19-15-9-6-5-7-10-15/h13,15,18-19H,5-12H2,1-4H3/b14-13-. The monoisotopic (exact) mass is 296 g/mol. The van der Waals surface area contributed by atoms with Crippen LogP contribution in [0.1, 0.15) is 66.2 Å². The molecule has 0 radical (unpaired) electrons. The van der Waals surface area contributed by atoms with Gasteiger partial charge in [-0.15, -0.1) is 0 Å². The highest BCUT2D eigenvalue weighted by atomic mass is 16.6. The summed E-state index contributed by atoms with van der Waals surface area (Å²) in [7, 11) is 0. The van der Waals surface area contributed by atoms with E-state index in [4.69, 9.17) is 4.74 Å². The molecule has 1 fully saturated rings. The normalized spacial score (nSPS) is 17.6. The predicted molar refractivity (Wildman–Crippen MR) is 87.1 cm³/mol. The van der Waals surface area contributed by atoms with E-state index in [0.717, 1.165) is 31.2 Å². The van der Waals surface area contributed by atoms with E-state index in [-0.39, 0.29) is 5.97 Å². The zero-order chi connectivity index (χ0) is 15.7. The van der Waals surface area contributed by atoms with Gasteiger partial charge < -0.3 is 15.4 Å². The van der Waals surface area contributed by atoms with E-state index in [1.807, 2.05) is 27.7 Å². The molecule has 4 nitrogen and oxygen atoms in total. The molecule has 122 valence electrons. The highest BCUT2D eigenvalue weighted by Crippen LogP contribution is 2.17. The van der Waals surface area contributed by atoms with Gasteiger partial charge in [-0.2, -0.15) is 0 Å². The predicted octanol–water partition coefficient (Wildman–Crippen LogP) is 3.13. The van der Waals surface area contributed by atoms with Gasteiger partial charge in [-0.3, -0.25) is 0 Å². The highest BCUT2D eigenvalue weighted by molar-refractivity contribution is 5.82. The SMILES string of the molecule is C/C(=C/C(=O)OC(C)(C)C)NCCCNC1CCCCC1. The van der Waals surface area contributed by atoms with Gasteiger partial charge in [0.05, 0.1) is 0 Å². The Balaban J connectivity index is 2.09. The maximum atomic E-state index is 11.6. The Bertz CT molecular complexity index is 339. The minimum Gasteiger partial charge on any atom is -0.457 e. The van der Waals surface area contributed by atoms with Crippen LogP contribution in [-0.2, 0) is 9.53 Å². The van der Waals surface area contributed by atoms with Crippen LogP contribution in [0.4, 0.5) is 0 Å². The molecule has 1 aliphatic carbocycles. The lowest BCUT2D eigenvalue weighted by molar-refractivity contribution is -0.148. The Kier molecular flexibility index (Phi) is 7.79. The van der Waals surface area contributed by atoms with Crippen LogP contribution in [0, 0.1) is 0 Å². The van der Waals surface area contributed by atoms with Gasteiger partial charge in [-0.25, -0.2) is 4.79 Å².